The summed E-state index contributed by atoms with van der Waals surface area (Å²) in [4.78, 5) is 14.2. The van der Waals surface area contributed by atoms with Crippen molar-refractivity contribution in [1.29, 1.82) is 0 Å². The quantitative estimate of drug-likeness (QED) is 0.790. The van der Waals surface area contributed by atoms with E-state index < -0.39 is 0 Å². The number of halogens is 1. The highest BCUT2D eigenvalue weighted by molar-refractivity contribution is 6.31. The summed E-state index contributed by atoms with van der Waals surface area (Å²) < 4.78 is 0. The largest absolute Gasteiger partial charge is 0.354 e. The molecule has 118 valence electrons. The van der Waals surface area contributed by atoms with Gasteiger partial charge in [-0.3, -0.25) is 9.69 Å². The third kappa shape index (κ3) is 5.68. The van der Waals surface area contributed by atoms with Gasteiger partial charge >= 0.3 is 0 Å². The second-order valence-corrected chi connectivity index (χ2v) is 6.07. The van der Waals surface area contributed by atoms with Crippen LogP contribution in [0.3, 0.4) is 0 Å². The standard InChI is InChI=1S/C17H27ClN2O/c1-5-20(6-2)16(12-19-17(21)11-13(3)4)14-9-7-8-10-15(14)18/h7-10,13,16H,5-6,11-12H2,1-4H3,(H,19,21). The molecular weight excluding hydrogens is 284 g/mol. The van der Waals surface area contributed by atoms with Crippen LogP contribution in [0.2, 0.25) is 5.02 Å². The molecule has 21 heavy (non-hydrogen) atoms. The summed E-state index contributed by atoms with van der Waals surface area (Å²) in [5.41, 5.74) is 1.08. The van der Waals surface area contributed by atoms with E-state index >= 15 is 0 Å². The van der Waals surface area contributed by atoms with E-state index in [0.717, 1.165) is 23.7 Å². The Kier molecular flexibility index (Phi) is 7.76. The van der Waals surface area contributed by atoms with Gasteiger partial charge in [-0.2, -0.15) is 0 Å². The van der Waals surface area contributed by atoms with Gasteiger partial charge in [0, 0.05) is 18.0 Å². The zero-order chi connectivity index (χ0) is 15.8. The number of amides is 1. The van der Waals surface area contributed by atoms with E-state index in [1.807, 2.05) is 24.3 Å². The van der Waals surface area contributed by atoms with Crippen molar-refractivity contribution in [3.05, 3.63) is 34.9 Å². The third-order valence-electron chi connectivity index (χ3n) is 3.60. The van der Waals surface area contributed by atoms with Crippen LogP contribution in [0.1, 0.15) is 45.7 Å². The van der Waals surface area contributed by atoms with Gasteiger partial charge < -0.3 is 5.32 Å². The summed E-state index contributed by atoms with van der Waals surface area (Å²) in [5, 5.41) is 3.81. The second-order valence-electron chi connectivity index (χ2n) is 5.66. The third-order valence-corrected chi connectivity index (χ3v) is 3.95. The molecule has 0 aliphatic heterocycles. The summed E-state index contributed by atoms with van der Waals surface area (Å²) >= 11 is 6.34. The summed E-state index contributed by atoms with van der Waals surface area (Å²) in [6, 6.07) is 7.99. The fourth-order valence-electron chi connectivity index (χ4n) is 2.50. The van der Waals surface area contributed by atoms with Gasteiger partial charge in [-0.1, -0.05) is 57.5 Å². The minimum absolute atomic E-state index is 0.106. The first-order valence-corrected chi connectivity index (χ1v) is 8.12. The summed E-state index contributed by atoms with van der Waals surface area (Å²) in [6.45, 7) is 10.8. The predicted molar refractivity (Wildman–Crippen MR) is 89.6 cm³/mol. The smallest absolute Gasteiger partial charge is 0.220 e. The van der Waals surface area contributed by atoms with Gasteiger partial charge in [0.05, 0.1) is 6.04 Å². The molecule has 1 amide bonds. The van der Waals surface area contributed by atoms with Gasteiger partial charge in [-0.05, 0) is 30.6 Å². The molecule has 0 aliphatic rings. The Morgan fingerprint density at radius 2 is 1.86 bits per heavy atom. The maximum absolute atomic E-state index is 11.9. The van der Waals surface area contributed by atoms with Crippen LogP contribution < -0.4 is 5.32 Å². The van der Waals surface area contributed by atoms with Crippen molar-refractivity contribution >= 4 is 17.5 Å². The highest BCUT2D eigenvalue weighted by atomic mass is 35.5. The van der Waals surface area contributed by atoms with Gasteiger partial charge in [0.25, 0.3) is 0 Å². The highest BCUT2D eigenvalue weighted by Crippen LogP contribution is 2.26. The zero-order valence-corrected chi connectivity index (χ0v) is 14.3. The molecule has 0 radical (unpaired) electrons. The van der Waals surface area contributed by atoms with E-state index in [9.17, 15) is 4.79 Å². The molecule has 3 nitrogen and oxygen atoms in total. The summed E-state index contributed by atoms with van der Waals surface area (Å²) in [7, 11) is 0. The summed E-state index contributed by atoms with van der Waals surface area (Å²) in [6.07, 6.45) is 0.563. The fraction of sp³-hybridized carbons (Fsp3) is 0.588. The topological polar surface area (TPSA) is 32.3 Å². The zero-order valence-electron chi connectivity index (χ0n) is 13.5. The molecule has 0 aromatic heterocycles. The Hall–Kier alpha value is -1.06. The van der Waals surface area contributed by atoms with Gasteiger partial charge in [-0.15, -0.1) is 0 Å². The monoisotopic (exact) mass is 310 g/mol. The van der Waals surface area contributed by atoms with E-state index in [-0.39, 0.29) is 11.9 Å². The number of hydrogen-bond acceptors (Lipinski definition) is 2. The van der Waals surface area contributed by atoms with Crippen molar-refractivity contribution in [1.82, 2.24) is 10.2 Å². The Labute approximate surface area is 133 Å². The number of carbonyl (C=O) groups is 1. The fourth-order valence-corrected chi connectivity index (χ4v) is 2.76. The lowest BCUT2D eigenvalue weighted by molar-refractivity contribution is -0.122. The molecule has 0 spiro atoms. The van der Waals surface area contributed by atoms with Gasteiger partial charge in [-0.25, -0.2) is 0 Å². The Morgan fingerprint density at radius 1 is 1.24 bits per heavy atom. The Morgan fingerprint density at radius 3 is 2.38 bits per heavy atom. The lowest BCUT2D eigenvalue weighted by Crippen LogP contribution is -2.38. The van der Waals surface area contributed by atoms with Gasteiger partial charge in [0.15, 0.2) is 0 Å². The van der Waals surface area contributed by atoms with E-state index in [4.69, 9.17) is 11.6 Å². The van der Waals surface area contributed by atoms with Crippen molar-refractivity contribution in [2.24, 2.45) is 5.92 Å². The van der Waals surface area contributed by atoms with Crippen molar-refractivity contribution in [3.63, 3.8) is 0 Å². The average molecular weight is 311 g/mol. The van der Waals surface area contributed by atoms with Crippen molar-refractivity contribution in [3.8, 4) is 0 Å². The molecule has 1 atom stereocenters. The van der Waals surface area contributed by atoms with Gasteiger partial charge in [0.2, 0.25) is 5.91 Å². The van der Waals surface area contributed by atoms with Crippen molar-refractivity contribution in [2.75, 3.05) is 19.6 Å². The lowest BCUT2D eigenvalue weighted by atomic mass is 10.0. The number of nitrogens with one attached hydrogen (secondary N) is 1. The molecule has 0 saturated heterocycles. The molecule has 1 aromatic rings. The number of benzene rings is 1. The molecule has 1 N–H and O–H groups in total. The minimum Gasteiger partial charge on any atom is -0.354 e. The molecule has 0 aliphatic carbocycles. The van der Waals surface area contributed by atoms with Crippen LogP contribution >= 0.6 is 11.6 Å². The first-order valence-electron chi connectivity index (χ1n) is 7.74. The number of carbonyl (C=O) groups excluding carboxylic acids is 1. The number of hydrogen-bond donors (Lipinski definition) is 1. The van der Waals surface area contributed by atoms with Crippen LogP contribution in [0.25, 0.3) is 0 Å². The normalized spacial score (nSPS) is 12.7. The number of likely N-dealkylation sites (N-methyl/N-ethyl adjacent to an activating group) is 1. The van der Waals surface area contributed by atoms with E-state index in [1.54, 1.807) is 0 Å². The maximum Gasteiger partial charge on any atom is 0.220 e. The van der Waals surface area contributed by atoms with E-state index in [0.29, 0.717) is 18.9 Å². The van der Waals surface area contributed by atoms with Crippen LogP contribution in [0.15, 0.2) is 24.3 Å². The van der Waals surface area contributed by atoms with E-state index in [1.165, 1.54) is 0 Å². The SMILES string of the molecule is CCN(CC)C(CNC(=O)CC(C)C)c1ccccc1Cl. The lowest BCUT2D eigenvalue weighted by Gasteiger charge is -2.31. The highest BCUT2D eigenvalue weighted by Gasteiger charge is 2.21. The van der Waals surface area contributed by atoms with Crippen molar-refractivity contribution in [2.45, 2.75) is 40.2 Å². The Balaban J connectivity index is 2.84. The second kappa shape index (κ2) is 9.06. The van der Waals surface area contributed by atoms with Crippen molar-refractivity contribution < 1.29 is 4.79 Å². The number of rotatable bonds is 8. The van der Waals surface area contributed by atoms with Crippen LogP contribution in [0, 0.1) is 5.92 Å². The first kappa shape index (κ1) is 18.0. The molecule has 1 unspecified atom stereocenters. The molecule has 0 heterocycles. The molecule has 0 fully saturated rings. The van der Waals surface area contributed by atoms with E-state index in [2.05, 4.69) is 37.9 Å². The molecule has 1 aromatic carbocycles. The molecular formula is C17H27ClN2O. The van der Waals surface area contributed by atoms with Crippen LogP contribution in [-0.4, -0.2) is 30.4 Å². The average Bonchev–Trinajstić information content (AvgIpc) is 2.43. The maximum atomic E-state index is 11.9. The van der Waals surface area contributed by atoms with Crippen LogP contribution in [0.4, 0.5) is 0 Å². The summed E-state index contributed by atoms with van der Waals surface area (Å²) in [5.74, 6) is 0.478. The first-order chi connectivity index (χ1) is 9.99. The predicted octanol–water partition coefficient (Wildman–Crippen LogP) is 3.89. The van der Waals surface area contributed by atoms with Crippen LogP contribution in [-0.2, 0) is 4.79 Å². The molecule has 1 rings (SSSR count). The van der Waals surface area contributed by atoms with Crippen LogP contribution in [0.5, 0.6) is 0 Å². The van der Waals surface area contributed by atoms with Gasteiger partial charge in [0.1, 0.15) is 0 Å². The molecule has 4 heteroatoms. The molecule has 0 saturated carbocycles. The Bertz CT molecular complexity index is 444. The minimum atomic E-state index is 0.106. The molecule has 0 bridgehead atoms. The number of nitrogens with zero attached hydrogens (tertiary/aromatic N) is 1.